The topological polar surface area (TPSA) is 3.24 Å². The van der Waals surface area contributed by atoms with Crippen LogP contribution >= 0.6 is 31.9 Å². The lowest BCUT2D eigenvalue weighted by atomic mass is 10.2. The van der Waals surface area contributed by atoms with Crippen LogP contribution in [0.3, 0.4) is 0 Å². The van der Waals surface area contributed by atoms with Gasteiger partial charge in [-0.3, -0.25) is 4.90 Å². The van der Waals surface area contributed by atoms with E-state index in [1.807, 2.05) is 0 Å². The van der Waals surface area contributed by atoms with Gasteiger partial charge in [0.1, 0.15) is 0 Å². The Labute approximate surface area is 109 Å². The number of nitrogens with zero attached hydrogens (tertiary/aromatic N) is 1. The van der Waals surface area contributed by atoms with E-state index in [4.69, 9.17) is 0 Å². The van der Waals surface area contributed by atoms with Crippen molar-refractivity contribution in [3.05, 3.63) is 34.3 Å². The minimum absolute atomic E-state index is 0.578. The van der Waals surface area contributed by atoms with Crippen molar-refractivity contribution < 1.29 is 0 Å². The second-order valence-electron chi connectivity index (χ2n) is 3.84. The summed E-state index contributed by atoms with van der Waals surface area (Å²) in [7, 11) is 0. The van der Waals surface area contributed by atoms with Crippen molar-refractivity contribution in [2.75, 3.05) is 11.9 Å². The zero-order valence-electron chi connectivity index (χ0n) is 9.21. The van der Waals surface area contributed by atoms with Crippen LogP contribution in [0.2, 0.25) is 0 Å². The molecule has 0 atom stereocenters. The Bertz CT molecular complexity index is 299. The molecule has 1 nitrogen and oxygen atoms in total. The molecule has 0 aliphatic rings. The highest BCUT2D eigenvalue weighted by atomic mass is 79.9. The summed E-state index contributed by atoms with van der Waals surface area (Å²) in [4.78, 5) is 2.45. The van der Waals surface area contributed by atoms with E-state index in [0.717, 1.165) is 18.4 Å². The quantitative estimate of drug-likeness (QED) is 0.734. The zero-order valence-corrected chi connectivity index (χ0v) is 12.4. The van der Waals surface area contributed by atoms with Crippen LogP contribution in [0.15, 0.2) is 28.7 Å². The maximum atomic E-state index is 3.59. The molecule has 1 aromatic carbocycles. The van der Waals surface area contributed by atoms with E-state index >= 15 is 0 Å². The molecule has 0 saturated carbocycles. The molecule has 0 aliphatic heterocycles. The number of hydrogen-bond acceptors (Lipinski definition) is 1. The van der Waals surface area contributed by atoms with Crippen molar-refractivity contribution in [2.45, 2.75) is 26.4 Å². The fourth-order valence-electron chi connectivity index (χ4n) is 1.47. The van der Waals surface area contributed by atoms with Crippen LogP contribution in [0.5, 0.6) is 0 Å². The van der Waals surface area contributed by atoms with Gasteiger partial charge in [0.05, 0.1) is 0 Å². The van der Waals surface area contributed by atoms with Crippen LogP contribution in [-0.2, 0) is 6.54 Å². The summed E-state index contributed by atoms with van der Waals surface area (Å²) in [6, 6.07) is 9.00. The maximum absolute atomic E-state index is 3.59. The second kappa shape index (κ2) is 6.66. The van der Waals surface area contributed by atoms with Gasteiger partial charge >= 0.3 is 0 Å². The van der Waals surface area contributed by atoms with Crippen molar-refractivity contribution in [2.24, 2.45) is 0 Å². The summed E-state index contributed by atoms with van der Waals surface area (Å²) in [5.74, 6) is 0. The summed E-state index contributed by atoms with van der Waals surface area (Å²) in [5, 5.41) is 1.02. The Morgan fingerprint density at radius 3 is 2.47 bits per heavy atom. The monoisotopic (exact) mass is 333 g/mol. The Hall–Kier alpha value is 0.140. The van der Waals surface area contributed by atoms with Gasteiger partial charge in [0.2, 0.25) is 0 Å². The molecule has 0 aliphatic carbocycles. The molecule has 15 heavy (non-hydrogen) atoms. The molecule has 0 unspecified atom stereocenters. The van der Waals surface area contributed by atoms with E-state index < -0.39 is 0 Å². The van der Waals surface area contributed by atoms with E-state index in [1.165, 1.54) is 10.0 Å². The van der Waals surface area contributed by atoms with Gasteiger partial charge in [0.15, 0.2) is 0 Å². The Morgan fingerprint density at radius 1 is 1.27 bits per heavy atom. The second-order valence-corrected chi connectivity index (χ2v) is 5.49. The minimum Gasteiger partial charge on any atom is -0.296 e. The number of alkyl halides is 1. The summed E-state index contributed by atoms with van der Waals surface area (Å²) < 4.78 is 1.20. The predicted molar refractivity (Wildman–Crippen MR) is 73.5 cm³/mol. The van der Waals surface area contributed by atoms with Gasteiger partial charge in [0.25, 0.3) is 0 Å². The molecule has 0 bridgehead atoms. The van der Waals surface area contributed by atoms with E-state index in [0.29, 0.717) is 6.04 Å². The Kier molecular flexibility index (Phi) is 5.87. The molecule has 0 amide bonds. The van der Waals surface area contributed by atoms with E-state index in [-0.39, 0.29) is 0 Å². The minimum atomic E-state index is 0.578. The fourth-order valence-corrected chi connectivity index (χ4v) is 2.34. The molecule has 0 spiro atoms. The van der Waals surface area contributed by atoms with Crippen LogP contribution in [0.25, 0.3) is 0 Å². The smallest absolute Gasteiger partial charge is 0.0247 e. The van der Waals surface area contributed by atoms with Crippen LogP contribution in [0.4, 0.5) is 0 Å². The Morgan fingerprint density at radius 2 is 1.93 bits per heavy atom. The first-order chi connectivity index (χ1) is 7.15. The predicted octanol–water partition coefficient (Wildman–Crippen LogP) is 4.05. The third-order valence-electron chi connectivity index (χ3n) is 2.43. The van der Waals surface area contributed by atoms with Gasteiger partial charge < -0.3 is 0 Å². The van der Waals surface area contributed by atoms with Gasteiger partial charge in [-0.2, -0.15) is 0 Å². The maximum Gasteiger partial charge on any atom is 0.0247 e. The molecule has 0 radical (unpaired) electrons. The molecular weight excluding hydrogens is 318 g/mol. The lowest BCUT2D eigenvalue weighted by molar-refractivity contribution is 0.227. The molecule has 0 heterocycles. The lowest BCUT2D eigenvalue weighted by Crippen LogP contribution is -2.32. The lowest BCUT2D eigenvalue weighted by Gasteiger charge is -2.26. The van der Waals surface area contributed by atoms with Crippen LogP contribution < -0.4 is 0 Å². The molecule has 0 aromatic heterocycles. The SMILES string of the molecule is CC(C)N(CCBr)Cc1ccccc1Br. The summed E-state index contributed by atoms with van der Waals surface area (Å²) in [6.45, 7) is 6.56. The van der Waals surface area contributed by atoms with Gasteiger partial charge in [-0.05, 0) is 25.5 Å². The first kappa shape index (κ1) is 13.2. The largest absolute Gasteiger partial charge is 0.296 e. The highest BCUT2D eigenvalue weighted by Gasteiger charge is 2.10. The third-order valence-corrected chi connectivity index (χ3v) is 3.56. The van der Waals surface area contributed by atoms with Crippen molar-refractivity contribution >= 4 is 31.9 Å². The number of hydrogen-bond donors (Lipinski definition) is 0. The summed E-state index contributed by atoms with van der Waals surface area (Å²) >= 11 is 7.08. The third kappa shape index (κ3) is 4.25. The van der Waals surface area contributed by atoms with E-state index in [2.05, 4.69) is 74.9 Å². The van der Waals surface area contributed by atoms with Gasteiger partial charge in [-0.25, -0.2) is 0 Å². The first-order valence-electron chi connectivity index (χ1n) is 5.18. The molecule has 1 rings (SSSR count). The zero-order chi connectivity index (χ0) is 11.3. The molecule has 0 fully saturated rings. The molecule has 84 valence electrons. The van der Waals surface area contributed by atoms with E-state index in [9.17, 15) is 0 Å². The Balaban J connectivity index is 2.69. The highest BCUT2D eigenvalue weighted by Crippen LogP contribution is 2.18. The van der Waals surface area contributed by atoms with E-state index in [1.54, 1.807) is 0 Å². The summed E-state index contributed by atoms with van der Waals surface area (Å²) in [5.41, 5.74) is 1.35. The fraction of sp³-hybridized carbons (Fsp3) is 0.500. The average molecular weight is 335 g/mol. The number of rotatable bonds is 5. The van der Waals surface area contributed by atoms with Gasteiger partial charge in [-0.1, -0.05) is 50.1 Å². The normalized spacial score (nSPS) is 11.3. The first-order valence-corrected chi connectivity index (χ1v) is 7.10. The van der Waals surface area contributed by atoms with Crippen molar-refractivity contribution in [3.8, 4) is 0 Å². The van der Waals surface area contributed by atoms with Crippen molar-refractivity contribution in [1.82, 2.24) is 4.90 Å². The molecule has 0 N–H and O–H groups in total. The summed E-state index contributed by atoms with van der Waals surface area (Å²) in [6.07, 6.45) is 0. The van der Waals surface area contributed by atoms with Crippen LogP contribution in [0.1, 0.15) is 19.4 Å². The van der Waals surface area contributed by atoms with Crippen molar-refractivity contribution in [1.29, 1.82) is 0 Å². The van der Waals surface area contributed by atoms with Crippen molar-refractivity contribution in [3.63, 3.8) is 0 Å². The number of halogens is 2. The number of benzene rings is 1. The molecule has 0 saturated heterocycles. The van der Waals surface area contributed by atoms with Gasteiger partial charge in [-0.15, -0.1) is 0 Å². The average Bonchev–Trinajstić information content (AvgIpc) is 2.20. The highest BCUT2D eigenvalue weighted by molar-refractivity contribution is 9.10. The van der Waals surface area contributed by atoms with Crippen LogP contribution in [-0.4, -0.2) is 22.8 Å². The molecule has 3 heteroatoms. The molecule has 1 aromatic rings. The molecular formula is C12H17Br2N. The van der Waals surface area contributed by atoms with Crippen LogP contribution in [0, 0.1) is 0 Å². The van der Waals surface area contributed by atoms with Gasteiger partial charge in [0, 0.05) is 28.9 Å². The standard InChI is InChI=1S/C12H17Br2N/c1-10(2)15(8-7-13)9-11-5-3-4-6-12(11)14/h3-6,10H,7-9H2,1-2H3.